The van der Waals surface area contributed by atoms with Gasteiger partial charge in [-0.15, -0.1) is 0 Å². The molecule has 2 rings (SSSR count). The van der Waals surface area contributed by atoms with E-state index in [0.29, 0.717) is 23.6 Å². The molecule has 0 aliphatic rings. The van der Waals surface area contributed by atoms with Gasteiger partial charge >= 0.3 is 0 Å². The van der Waals surface area contributed by atoms with Crippen LogP contribution in [0.1, 0.15) is 59.5 Å². The summed E-state index contributed by atoms with van der Waals surface area (Å²) in [7, 11) is 0. The lowest BCUT2D eigenvalue weighted by molar-refractivity contribution is 0.0939. The van der Waals surface area contributed by atoms with Crippen molar-refractivity contribution < 1.29 is 9.59 Å². The summed E-state index contributed by atoms with van der Waals surface area (Å²) in [6.45, 7) is 6.74. The first kappa shape index (κ1) is 18.6. The highest BCUT2D eigenvalue weighted by Crippen LogP contribution is 2.12. The van der Waals surface area contributed by atoms with E-state index < -0.39 is 0 Å². The molecule has 1 heterocycles. The smallest absolute Gasteiger partial charge is 0.253 e. The van der Waals surface area contributed by atoms with Crippen molar-refractivity contribution in [3.63, 3.8) is 0 Å². The summed E-state index contributed by atoms with van der Waals surface area (Å²) >= 11 is 0. The number of nitrogens with zero attached hydrogens (tertiary/aromatic N) is 1. The molecule has 0 fully saturated rings. The van der Waals surface area contributed by atoms with Crippen LogP contribution in [0.5, 0.6) is 0 Å². The number of aromatic nitrogens is 1. The van der Waals surface area contributed by atoms with Gasteiger partial charge in [0, 0.05) is 18.9 Å². The van der Waals surface area contributed by atoms with Crippen molar-refractivity contribution in [2.75, 3.05) is 6.54 Å². The van der Waals surface area contributed by atoms with E-state index in [9.17, 15) is 9.59 Å². The van der Waals surface area contributed by atoms with Crippen molar-refractivity contribution in [3.05, 3.63) is 65.5 Å². The minimum absolute atomic E-state index is 0.128. The quantitative estimate of drug-likeness (QED) is 0.812. The van der Waals surface area contributed by atoms with Crippen LogP contribution in [-0.2, 0) is 0 Å². The first-order valence-electron chi connectivity index (χ1n) is 8.56. The third kappa shape index (κ3) is 5.71. The van der Waals surface area contributed by atoms with Gasteiger partial charge in [0.2, 0.25) is 0 Å². The predicted molar refractivity (Wildman–Crippen MR) is 98.3 cm³/mol. The maximum absolute atomic E-state index is 12.4. The van der Waals surface area contributed by atoms with E-state index in [1.807, 2.05) is 37.3 Å². The highest BCUT2D eigenvalue weighted by atomic mass is 16.2. The molecule has 2 aromatic rings. The predicted octanol–water partition coefficient (Wildman–Crippen LogP) is 3.35. The zero-order valence-electron chi connectivity index (χ0n) is 15.0. The van der Waals surface area contributed by atoms with E-state index in [1.54, 1.807) is 6.07 Å². The highest BCUT2D eigenvalue weighted by molar-refractivity contribution is 5.99. The van der Waals surface area contributed by atoms with Crippen LogP contribution in [0.2, 0.25) is 0 Å². The minimum atomic E-state index is -0.249. The van der Waals surface area contributed by atoms with Crippen molar-refractivity contribution in [3.8, 4) is 0 Å². The number of hydrogen-bond acceptors (Lipinski definition) is 3. The molecule has 1 atom stereocenters. The molecule has 5 nitrogen and oxygen atoms in total. The number of carbonyl (C=O) groups excluding carboxylic acids is 2. The molecular weight excluding hydrogens is 314 g/mol. The monoisotopic (exact) mass is 339 g/mol. The summed E-state index contributed by atoms with van der Waals surface area (Å²) in [5.41, 5.74) is 1.79. The van der Waals surface area contributed by atoms with Crippen LogP contribution in [0.25, 0.3) is 0 Å². The number of hydrogen-bond donors (Lipinski definition) is 2. The van der Waals surface area contributed by atoms with Gasteiger partial charge in [-0.1, -0.05) is 44.2 Å². The first-order valence-corrected chi connectivity index (χ1v) is 8.56. The van der Waals surface area contributed by atoms with E-state index in [2.05, 4.69) is 29.5 Å². The van der Waals surface area contributed by atoms with Gasteiger partial charge in [-0.05, 0) is 30.9 Å². The Morgan fingerprint density at radius 2 is 1.64 bits per heavy atom. The van der Waals surface area contributed by atoms with Gasteiger partial charge in [-0.2, -0.15) is 0 Å². The first-order chi connectivity index (χ1) is 12.0. The molecule has 0 saturated carbocycles. The second kappa shape index (κ2) is 8.97. The average Bonchev–Trinajstić information content (AvgIpc) is 2.62. The number of benzene rings is 1. The molecule has 132 valence electrons. The Kier molecular flexibility index (Phi) is 6.69. The van der Waals surface area contributed by atoms with Crippen LogP contribution >= 0.6 is 0 Å². The van der Waals surface area contributed by atoms with Crippen LogP contribution in [0.15, 0.2) is 48.8 Å². The maximum Gasteiger partial charge on any atom is 0.253 e. The van der Waals surface area contributed by atoms with E-state index in [4.69, 9.17) is 0 Å². The molecule has 0 bridgehead atoms. The Morgan fingerprint density at radius 3 is 2.28 bits per heavy atom. The molecule has 1 aromatic heterocycles. The molecule has 5 heteroatoms. The zero-order valence-corrected chi connectivity index (χ0v) is 15.0. The number of carbonyl (C=O) groups is 2. The number of amides is 2. The third-order valence-corrected chi connectivity index (χ3v) is 3.92. The Labute approximate surface area is 148 Å². The molecule has 2 amide bonds. The lowest BCUT2D eigenvalue weighted by Crippen LogP contribution is -2.28. The SMILES string of the molecule is CC(C)CCNC(=O)c1cncc(C(=O)NC(C)c2ccccc2)c1. The Hall–Kier alpha value is -2.69. The van der Waals surface area contributed by atoms with Gasteiger partial charge in [-0.3, -0.25) is 14.6 Å². The summed E-state index contributed by atoms with van der Waals surface area (Å²) in [5, 5.41) is 5.78. The molecule has 0 radical (unpaired) electrons. The summed E-state index contributed by atoms with van der Waals surface area (Å²) < 4.78 is 0. The van der Waals surface area contributed by atoms with E-state index in [0.717, 1.165) is 12.0 Å². The molecule has 2 N–H and O–H groups in total. The fourth-order valence-electron chi connectivity index (χ4n) is 2.37. The lowest BCUT2D eigenvalue weighted by atomic mass is 10.1. The van der Waals surface area contributed by atoms with Crippen LogP contribution in [0.3, 0.4) is 0 Å². The molecule has 25 heavy (non-hydrogen) atoms. The third-order valence-electron chi connectivity index (χ3n) is 3.92. The van der Waals surface area contributed by atoms with Gasteiger partial charge in [0.25, 0.3) is 11.8 Å². The molecule has 0 saturated heterocycles. The Bertz CT molecular complexity index is 714. The van der Waals surface area contributed by atoms with Gasteiger partial charge in [-0.25, -0.2) is 0 Å². The fourth-order valence-corrected chi connectivity index (χ4v) is 2.37. The molecule has 0 aliphatic heterocycles. The lowest BCUT2D eigenvalue weighted by Gasteiger charge is -2.14. The second-order valence-electron chi connectivity index (χ2n) is 6.51. The number of pyridine rings is 1. The van der Waals surface area contributed by atoms with Crippen molar-refractivity contribution in [1.29, 1.82) is 0 Å². The molecule has 1 unspecified atom stereocenters. The number of nitrogens with one attached hydrogen (secondary N) is 2. The number of rotatable bonds is 7. The Morgan fingerprint density at radius 1 is 1.00 bits per heavy atom. The molecular formula is C20H25N3O2. The summed E-state index contributed by atoms with van der Waals surface area (Å²) in [5.74, 6) is 0.0644. The van der Waals surface area contributed by atoms with Crippen molar-refractivity contribution in [1.82, 2.24) is 15.6 Å². The average molecular weight is 339 g/mol. The van der Waals surface area contributed by atoms with E-state index in [1.165, 1.54) is 12.4 Å². The van der Waals surface area contributed by atoms with Crippen LogP contribution in [-0.4, -0.2) is 23.3 Å². The zero-order chi connectivity index (χ0) is 18.2. The standard InChI is InChI=1S/C20H25N3O2/c1-14(2)9-10-22-19(24)17-11-18(13-21-12-17)20(25)23-15(3)16-7-5-4-6-8-16/h4-8,11-15H,9-10H2,1-3H3,(H,22,24)(H,23,25). The Balaban J connectivity index is 2.00. The summed E-state index contributed by atoms with van der Waals surface area (Å²) in [6, 6.07) is 11.2. The van der Waals surface area contributed by atoms with Crippen molar-refractivity contribution in [2.24, 2.45) is 5.92 Å². The topological polar surface area (TPSA) is 71.1 Å². The van der Waals surface area contributed by atoms with Crippen LogP contribution in [0, 0.1) is 5.92 Å². The van der Waals surface area contributed by atoms with E-state index >= 15 is 0 Å². The van der Waals surface area contributed by atoms with Crippen LogP contribution in [0.4, 0.5) is 0 Å². The summed E-state index contributed by atoms with van der Waals surface area (Å²) in [4.78, 5) is 28.6. The fraction of sp³-hybridized carbons (Fsp3) is 0.350. The maximum atomic E-state index is 12.4. The molecule has 0 aliphatic carbocycles. The van der Waals surface area contributed by atoms with E-state index in [-0.39, 0.29) is 17.9 Å². The summed E-state index contributed by atoms with van der Waals surface area (Å²) in [6.07, 6.45) is 3.86. The largest absolute Gasteiger partial charge is 0.352 e. The van der Waals surface area contributed by atoms with Crippen molar-refractivity contribution >= 4 is 11.8 Å². The molecule has 1 aromatic carbocycles. The van der Waals surface area contributed by atoms with Crippen molar-refractivity contribution in [2.45, 2.75) is 33.2 Å². The second-order valence-corrected chi connectivity index (χ2v) is 6.51. The van der Waals surface area contributed by atoms with Gasteiger partial charge in [0.15, 0.2) is 0 Å². The van der Waals surface area contributed by atoms with Gasteiger partial charge in [0.1, 0.15) is 0 Å². The normalized spacial score (nSPS) is 11.8. The minimum Gasteiger partial charge on any atom is -0.352 e. The van der Waals surface area contributed by atoms with Gasteiger partial charge < -0.3 is 10.6 Å². The highest BCUT2D eigenvalue weighted by Gasteiger charge is 2.14. The molecule has 0 spiro atoms. The van der Waals surface area contributed by atoms with Gasteiger partial charge in [0.05, 0.1) is 17.2 Å². The van der Waals surface area contributed by atoms with Crippen LogP contribution < -0.4 is 10.6 Å².